The van der Waals surface area contributed by atoms with Crippen molar-refractivity contribution in [2.24, 2.45) is 0 Å². The Morgan fingerprint density at radius 1 is 1.22 bits per heavy atom. The molecule has 0 saturated heterocycles. The molecule has 1 N–H and O–H groups in total. The summed E-state index contributed by atoms with van der Waals surface area (Å²) in [7, 11) is 1.61. The van der Waals surface area contributed by atoms with E-state index in [0.29, 0.717) is 26.2 Å². The highest BCUT2D eigenvalue weighted by atomic mass is 35.5. The van der Waals surface area contributed by atoms with E-state index in [0.717, 1.165) is 17.0 Å². The zero-order valence-electron chi connectivity index (χ0n) is 14.6. The summed E-state index contributed by atoms with van der Waals surface area (Å²) in [4.78, 5) is 21.7. The number of methoxy groups -OCH3 is 1. The van der Waals surface area contributed by atoms with E-state index in [1.807, 2.05) is 43.3 Å². The molecule has 0 aliphatic rings. The first-order valence-electron chi connectivity index (χ1n) is 8.11. The lowest BCUT2D eigenvalue weighted by Gasteiger charge is -2.10. The number of hydrogen-bond acceptors (Lipinski definition) is 6. The molecule has 27 heavy (non-hydrogen) atoms. The molecule has 4 rings (SSSR count). The summed E-state index contributed by atoms with van der Waals surface area (Å²) in [5.74, 6) is 0.732. The molecule has 0 fully saturated rings. The van der Waals surface area contributed by atoms with Gasteiger partial charge in [0.1, 0.15) is 16.8 Å². The number of nitrogens with zero attached hydrogens (tertiary/aromatic N) is 3. The van der Waals surface area contributed by atoms with Crippen LogP contribution in [0.3, 0.4) is 0 Å². The third-order valence-electron chi connectivity index (χ3n) is 4.07. The summed E-state index contributed by atoms with van der Waals surface area (Å²) >= 11 is 7.56. The van der Waals surface area contributed by atoms with Crippen molar-refractivity contribution in [3.8, 4) is 11.4 Å². The minimum Gasteiger partial charge on any atom is -0.497 e. The Bertz CT molecular complexity index is 1180. The zero-order valence-corrected chi connectivity index (χ0v) is 16.1. The van der Waals surface area contributed by atoms with Gasteiger partial charge in [-0.05, 0) is 30.7 Å². The summed E-state index contributed by atoms with van der Waals surface area (Å²) in [6, 6.07) is 13.0. The monoisotopic (exact) mass is 398 g/mol. The molecule has 0 bridgehead atoms. The molecule has 0 aliphatic heterocycles. The Labute approximate surface area is 164 Å². The molecule has 0 aliphatic carbocycles. The molecule has 136 valence electrons. The van der Waals surface area contributed by atoms with Crippen LogP contribution in [0.1, 0.15) is 5.56 Å². The first-order valence-corrected chi connectivity index (χ1v) is 9.31. The Morgan fingerprint density at radius 3 is 2.81 bits per heavy atom. The van der Waals surface area contributed by atoms with E-state index < -0.39 is 0 Å². The molecule has 2 aromatic carbocycles. The van der Waals surface area contributed by atoms with Crippen LogP contribution in [0, 0.1) is 6.92 Å². The van der Waals surface area contributed by atoms with Gasteiger partial charge >= 0.3 is 0 Å². The third kappa shape index (κ3) is 3.27. The van der Waals surface area contributed by atoms with Crippen molar-refractivity contribution in [1.82, 2.24) is 14.5 Å². The van der Waals surface area contributed by atoms with Crippen LogP contribution in [0.2, 0.25) is 5.02 Å². The Kier molecular flexibility index (Phi) is 4.55. The number of nitrogens with one attached hydrogen (secondary N) is 1. The van der Waals surface area contributed by atoms with Crippen LogP contribution >= 0.6 is 22.9 Å². The fourth-order valence-electron chi connectivity index (χ4n) is 2.78. The number of benzene rings is 2. The van der Waals surface area contributed by atoms with Crippen molar-refractivity contribution in [2.45, 2.75) is 6.92 Å². The average molecular weight is 399 g/mol. The van der Waals surface area contributed by atoms with E-state index in [4.69, 9.17) is 16.3 Å². The molecule has 0 spiro atoms. The summed E-state index contributed by atoms with van der Waals surface area (Å²) in [6.45, 7) is 1.90. The zero-order chi connectivity index (χ0) is 19.0. The maximum atomic E-state index is 13.0. The SMILES string of the molecule is COc1cccc(Nc2nc3ncn(-c4c(C)cccc4Cl)c(=O)c3s2)c1. The quantitative estimate of drug-likeness (QED) is 0.546. The smallest absolute Gasteiger partial charge is 0.277 e. The van der Waals surface area contributed by atoms with Gasteiger partial charge in [-0.25, -0.2) is 4.98 Å². The number of anilines is 2. The molecule has 0 radical (unpaired) electrons. The van der Waals surface area contributed by atoms with Gasteiger partial charge < -0.3 is 10.1 Å². The number of fused-ring (bicyclic) bond motifs is 1. The predicted octanol–water partition coefficient (Wildman–Crippen LogP) is 4.56. The predicted molar refractivity (Wildman–Crippen MR) is 109 cm³/mol. The Balaban J connectivity index is 1.77. The molecule has 0 unspecified atom stereocenters. The van der Waals surface area contributed by atoms with Crippen LogP contribution in [-0.4, -0.2) is 21.6 Å². The van der Waals surface area contributed by atoms with E-state index in [1.54, 1.807) is 13.2 Å². The number of aryl methyl sites for hydroxylation is 1. The van der Waals surface area contributed by atoms with E-state index >= 15 is 0 Å². The molecule has 2 aromatic heterocycles. The van der Waals surface area contributed by atoms with Crippen molar-refractivity contribution in [1.29, 1.82) is 0 Å². The van der Waals surface area contributed by atoms with Crippen LogP contribution in [-0.2, 0) is 0 Å². The summed E-state index contributed by atoms with van der Waals surface area (Å²) in [5.41, 5.74) is 2.54. The number of hydrogen-bond donors (Lipinski definition) is 1. The van der Waals surface area contributed by atoms with Gasteiger partial charge in [0.25, 0.3) is 5.56 Å². The highest BCUT2D eigenvalue weighted by Crippen LogP contribution is 2.28. The fourth-order valence-corrected chi connectivity index (χ4v) is 3.96. The van der Waals surface area contributed by atoms with Gasteiger partial charge in [-0.2, -0.15) is 4.98 Å². The number of halogens is 1. The fraction of sp³-hybridized carbons (Fsp3) is 0.105. The molecule has 8 heteroatoms. The van der Waals surface area contributed by atoms with Gasteiger partial charge in [-0.15, -0.1) is 0 Å². The molecule has 4 aromatic rings. The van der Waals surface area contributed by atoms with Gasteiger partial charge in [0.2, 0.25) is 0 Å². The number of ether oxygens (including phenoxy) is 1. The summed E-state index contributed by atoms with van der Waals surface area (Å²) in [5, 5.41) is 4.27. The molecule has 2 heterocycles. The van der Waals surface area contributed by atoms with Crippen molar-refractivity contribution >= 4 is 44.1 Å². The molecular formula is C19H15ClN4O2S. The van der Waals surface area contributed by atoms with Crippen molar-refractivity contribution < 1.29 is 4.74 Å². The maximum Gasteiger partial charge on any atom is 0.277 e. The van der Waals surface area contributed by atoms with E-state index in [1.165, 1.54) is 22.2 Å². The maximum absolute atomic E-state index is 13.0. The van der Waals surface area contributed by atoms with Gasteiger partial charge in [0, 0.05) is 11.8 Å². The van der Waals surface area contributed by atoms with Crippen molar-refractivity contribution in [3.05, 3.63) is 69.7 Å². The van der Waals surface area contributed by atoms with Crippen LogP contribution < -0.4 is 15.6 Å². The summed E-state index contributed by atoms with van der Waals surface area (Å²) < 4.78 is 7.15. The average Bonchev–Trinajstić information content (AvgIpc) is 3.07. The van der Waals surface area contributed by atoms with Crippen molar-refractivity contribution in [2.75, 3.05) is 12.4 Å². The van der Waals surface area contributed by atoms with Crippen LogP contribution in [0.25, 0.3) is 16.0 Å². The largest absolute Gasteiger partial charge is 0.497 e. The second kappa shape index (κ2) is 7.02. The lowest BCUT2D eigenvalue weighted by molar-refractivity contribution is 0.415. The normalized spacial score (nSPS) is 10.9. The second-order valence-corrected chi connectivity index (χ2v) is 7.26. The topological polar surface area (TPSA) is 69.0 Å². The molecule has 6 nitrogen and oxygen atoms in total. The van der Waals surface area contributed by atoms with E-state index in [2.05, 4.69) is 15.3 Å². The number of rotatable bonds is 4. The van der Waals surface area contributed by atoms with Gasteiger partial charge in [-0.3, -0.25) is 9.36 Å². The molecule has 0 amide bonds. The van der Waals surface area contributed by atoms with E-state index in [9.17, 15) is 4.79 Å². The molecule has 0 saturated carbocycles. The Hall–Kier alpha value is -2.90. The first kappa shape index (κ1) is 17.5. The number of para-hydroxylation sites is 1. The van der Waals surface area contributed by atoms with Crippen LogP contribution in [0.4, 0.5) is 10.8 Å². The molecular weight excluding hydrogens is 384 g/mol. The van der Waals surface area contributed by atoms with Crippen LogP contribution in [0.15, 0.2) is 53.6 Å². The first-order chi connectivity index (χ1) is 13.1. The third-order valence-corrected chi connectivity index (χ3v) is 5.32. The summed E-state index contributed by atoms with van der Waals surface area (Å²) in [6.07, 6.45) is 1.47. The minimum atomic E-state index is -0.201. The minimum absolute atomic E-state index is 0.201. The van der Waals surface area contributed by atoms with E-state index in [-0.39, 0.29) is 5.56 Å². The second-order valence-electron chi connectivity index (χ2n) is 5.85. The number of aromatic nitrogens is 3. The van der Waals surface area contributed by atoms with Gasteiger partial charge in [0.15, 0.2) is 10.8 Å². The highest BCUT2D eigenvalue weighted by molar-refractivity contribution is 7.22. The lowest BCUT2D eigenvalue weighted by atomic mass is 10.2. The number of thiazole rings is 1. The standard InChI is InChI=1S/C19H15ClN4O2S/c1-11-5-3-8-14(20)15(11)24-10-21-17-16(18(24)25)27-19(23-17)22-12-6-4-7-13(9-12)26-2/h3-10H,1-2H3,(H,22,23). The Morgan fingerprint density at radius 2 is 2.04 bits per heavy atom. The van der Waals surface area contributed by atoms with Gasteiger partial charge in [0.05, 0.1) is 17.8 Å². The van der Waals surface area contributed by atoms with Crippen molar-refractivity contribution in [3.63, 3.8) is 0 Å². The highest BCUT2D eigenvalue weighted by Gasteiger charge is 2.15. The lowest BCUT2D eigenvalue weighted by Crippen LogP contribution is -2.19. The van der Waals surface area contributed by atoms with Crippen LogP contribution in [0.5, 0.6) is 5.75 Å². The molecule has 0 atom stereocenters. The van der Waals surface area contributed by atoms with Gasteiger partial charge in [-0.1, -0.05) is 41.1 Å².